The van der Waals surface area contributed by atoms with Gasteiger partial charge in [-0.3, -0.25) is 9.59 Å². The number of rotatable bonds is 2. The predicted molar refractivity (Wildman–Crippen MR) is 63.2 cm³/mol. The second-order valence-corrected chi connectivity index (χ2v) is 4.11. The number of nitrogens with two attached hydrogens (primary N) is 1. The number of carbonyl (C=O) groups excluding carboxylic acids is 2. The normalized spacial score (nSPS) is 15.0. The zero-order chi connectivity index (χ0) is 12.4. The summed E-state index contributed by atoms with van der Waals surface area (Å²) < 4.78 is 0. The van der Waals surface area contributed by atoms with Gasteiger partial charge >= 0.3 is 0 Å². The molecule has 0 bridgehead atoms. The van der Waals surface area contributed by atoms with Crippen molar-refractivity contribution >= 4 is 29.3 Å². The lowest BCUT2D eigenvalue weighted by Gasteiger charge is -2.09. The highest BCUT2D eigenvalue weighted by molar-refractivity contribution is 6.30. The fourth-order valence-corrected chi connectivity index (χ4v) is 1.62. The van der Waals surface area contributed by atoms with Crippen molar-refractivity contribution in [1.29, 1.82) is 0 Å². The number of halogens is 1. The Balaban J connectivity index is 2.07. The molecule has 6 heteroatoms. The van der Waals surface area contributed by atoms with E-state index < -0.39 is 5.91 Å². The quantitative estimate of drug-likeness (QED) is 0.849. The molecule has 1 heterocycles. The van der Waals surface area contributed by atoms with Gasteiger partial charge in [-0.1, -0.05) is 23.7 Å². The SMILES string of the molecule is NC1=NN(C(=O)Cc2ccc(Cl)cc2)C(=O)C1. The zero-order valence-corrected chi connectivity index (χ0v) is 9.65. The van der Waals surface area contributed by atoms with Gasteiger partial charge in [0.25, 0.3) is 11.8 Å². The van der Waals surface area contributed by atoms with Gasteiger partial charge in [0, 0.05) is 5.02 Å². The van der Waals surface area contributed by atoms with Crippen molar-refractivity contribution in [1.82, 2.24) is 5.01 Å². The van der Waals surface area contributed by atoms with E-state index in [0.29, 0.717) is 5.02 Å². The molecular weight excluding hydrogens is 242 g/mol. The summed E-state index contributed by atoms with van der Waals surface area (Å²) in [5, 5.41) is 5.11. The third-order valence-corrected chi connectivity index (χ3v) is 2.55. The largest absolute Gasteiger partial charge is 0.385 e. The van der Waals surface area contributed by atoms with Gasteiger partial charge < -0.3 is 5.73 Å². The van der Waals surface area contributed by atoms with E-state index in [0.717, 1.165) is 10.6 Å². The van der Waals surface area contributed by atoms with Crippen LogP contribution in [0.3, 0.4) is 0 Å². The summed E-state index contributed by atoms with van der Waals surface area (Å²) in [6.07, 6.45) is 0.103. The first kappa shape index (κ1) is 11.6. The highest BCUT2D eigenvalue weighted by Crippen LogP contribution is 2.13. The summed E-state index contributed by atoms with van der Waals surface area (Å²) in [7, 11) is 0. The smallest absolute Gasteiger partial charge is 0.257 e. The van der Waals surface area contributed by atoms with Gasteiger partial charge in [0.15, 0.2) is 0 Å². The molecule has 0 atom stereocenters. The summed E-state index contributed by atoms with van der Waals surface area (Å²) in [5.41, 5.74) is 6.16. The number of hydrazone groups is 1. The average molecular weight is 252 g/mol. The van der Waals surface area contributed by atoms with E-state index in [-0.39, 0.29) is 24.6 Å². The number of hydrogen-bond acceptors (Lipinski definition) is 4. The van der Waals surface area contributed by atoms with E-state index >= 15 is 0 Å². The van der Waals surface area contributed by atoms with Gasteiger partial charge in [0.1, 0.15) is 5.84 Å². The van der Waals surface area contributed by atoms with Crippen LogP contribution >= 0.6 is 11.6 Å². The average Bonchev–Trinajstić information content (AvgIpc) is 2.61. The van der Waals surface area contributed by atoms with Crippen molar-refractivity contribution in [3.63, 3.8) is 0 Å². The maximum Gasteiger partial charge on any atom is 0.257 e. The molecule has 0 unspecified atom stereocenters. The molecule has 0 saturated heterocycles. The van der Waals surface area contributed by atoms with Crippen LogP contribution in [0.25, 0.3) is 0 Å². The minimum absolute atomic E-state index is 0.00631. The van der Waals surface area contributed by atoms with E-state index in [1.54, 1.807) is 24.3 Å². The fraction of sp³-hybridized carbons (Fsp3) is 0.182. The zero-order valence-electron chi connectivity index (χ0n) is 8.89. The Morgan fingerprint density at radius 3 is 2.59 bits per heavy atom. The predicted octanol–water partition coefficient (Wildman–Crippen LogP) is 0.914. The molecule has 5 nitrogen and oxygen atoms in total. The lowest BCUT2D eigenvalue weighted by Crippen LogP contribution is -2.29. The Labute approximate surface area is 103 Å². The second kappa shape index (κ2) is 4.55. The number of benzene rings is 1. The molecule has 2 N–H and O–H groups in total. The minimum atomic E-state index is -0.391. The van der Waals surface area contributed by atoms with Crippen LogP contribution in [-0.2, 0) is 16.0 Å². The molecule has 0 fully saturated rings. The molecule has 2 rings (SSSR count). The number of amidine groups is 1. The van der Waals surface area contributed by atoms with Gasteiger partial charge in [-0.2, -0.15) is 5.01 Å². The van der Waals surface area contributed by atoms with Crippen molar-refractivity contribution in [2.75, 3.05) is 0 Å². The van der Waals surface area contributed by atoms with Gasteiger partial charge in [0.05, 0.1) is 12.8 Å². The Hall–Kier alpha value is -1.88. The molecule has 2 amide bonds. The summed E-state index contributed by atoms with van der Waals surface area (Å²) in [6, 6.07) is 6.84. The highest BCUT2D eigenvalue weighted by atomic mass is 35.5. The molecule has 1 aromatic carbocycles. The van der Waals surface area contributed by atoms with Crippen LogP contribution in [0, 0.1) is 0 Å². The van der Waals surface area contributed by atoms with Crippen LogP contribution in [-0.4, -0.2) is 22.7 Å². The molecule has 1 aliphatic rings. The third-order valence-electron chi connectivity index (χ3n) is 2.30. The van der Waals surface area contributed by atoms with E-state index in [4.69, 9.17) is 17.3 Å². The molecule has 88 valence electrons. The lowest BCUT2D eigenvalue weighted by molar-refractivity contribution is -0.142. The van der Waals surface area contributed by atoms with Crippen LogP contribution < -0.4 is 5.73 Å². The number of amides is 2. The summed E-state index contributed by atoms with van der Waals surface area (Å²) in [4.78, 5) is 23.1. The van der Waals surface area contributed by atoms with E-state index in [1.165, 1.54) is 0 Å². The maximum absolute atomic E-state index is 11.8. The van der Waals surface area contributed by atoms with Crippen LogP contribution in [0.1, 0.15) is 12.0 Å². The molecular formula is C11H10ClN3O2. The molecule has 1 aromatic rings. The molecule has 0 saturated carbocycles. The lowest BCUT2D eigenvalue weighted by atomic mass is 10.1. The summed E-state index contributed by atoms with van der Waals surface area (Å²) in [5.74, 6) is -0.612. The van der Waals surface area contributed by atoms with Crippen molar-refractivity contribution in [3.05, 3.63) is 34.9 Å². The van der Waals surface area contributed by atoms with Crippen molar-refractivity contribution in [3.8, 4) is 0 Å². The van der Waals surface area contributed by atoms with Crippen LogP contribution in [0.2, 0.25) is 5.02 Å². The van der Waals surface area contributed by atoms with E-state index in [2.05, 4.69) is 5.10 Å². The van der Waals surface area contributed by atoms with Gasteiger partial charge in [-0.25, -0.2) is 0 Å². The van der Waals surface area contributed by atoms with Crippen molar-refractivity contribution in [2.24, 2.45) is 10.8 Å². The summed E-state index contributed by atoms with van der Waals surface area (Å²) >= 11 is 5.73. The van der Waals surface area contributed by atoms with Crippen LogP contribution in [0.5, 0.6) is 0 Å². The molecule has 0 aromatic heterocycles. The highest BCUT2D eigenvalue weighted by Gasteiger charge is 2.27. The van der Waals surface area contributed by atoms with E-state index in [1.807, 2.05) is 0 Å². The standard InChI is InChI=1S/C11H10ClN3O2/c12-8-3-1-7(2-4-8)5-10(16)15-11(17)6-9(13)14-15/h1-4H,5-6H2,(H2,13,14). The first-order chi connectivity index (χ1) is 8.06. The molecule has 0 spiro atoms. The first-order valence-corrected chi connectivity index (χ1v) is 5.37. The van der Waals surface area contributed by atoms with Gasteiger partial charge in [-0.05, 0) is 17.7 Å². The second-order valence-electron chi connectivity index (χ2n) is 3.67. The van der Waals surface area contributed by atoms with E-state index in [9.17, 15) is 9.59 Å². The fourth-order valence-electron chi connectivity index (χ4n) is 1.50. The first-order valence-electron chi connectivity index (χ1n) is 4.99. The Morgan fingerprint density at radius 1 is 1.41 bits per heavy atom. The van der Waals surface area contributed by atoms with Gasteiger partial charge in [-0.15, -0.1) is 5.10 Å². The van der Waals surface area contributed by atoms with Crippen LogP contribution in [0.4, 0.5) is 0 Å². The number of hydrogen-bond donors (Lipinski definition) is 1. The monoisotopic (exact) mass is 251 g/mol. The third kappa shape index (κ3) is 2.62. The Kier molecular flexibility index (Phi) is 3.10. The van der Waals surface area contributed by atoms with Crippen molar-refractivity contribution in [2.45, 2.75) is 12.8 Å². The number of imide groups is 1. The molecule has 17 heavy (non-hydrogen) atoms. The Bertz CT molecular complexity index is 496. The Morgan fingerprint density at radius 2 is 2.06 bits per heavy atom. The maximum atomic E-state index is 11.8. The topological polar surface area (TPSA) is 75.8 Å². The van der Waals surface area contributed by atoms with Crippen molar-refractivity contribution < 1.29 is 9.59 Å². The summed E-state index contributed by atoms with van der Waals surface area (Å²) in [6.45, 7) is 0. The molecule has 1 aliphatic heterocycles. The number of carbonyl (C=O) groups is 2. The number of nitrogens with zero attached hydrogens (tertiary/aromatic N) is 2. The van der Waals surface area contributed by atoms with Gasteiger partial charge in [0.2, 0.25) is 0 Å². The molecule has 0 radical (unpaired) electrons. The molecule has 0 aliphatic carbocycles. The minimum Gasteiger partial charge on any atom is -0.385 e. The van der Waals surface area contributed by atoms with Crippen LogP contribution in [0.15, 0.2) is 29.4 Å².